The summed E-state index contributed by atoms with van der Waals surface area (Å²) >= 11 is 1.38. The van der Waals surface area contributed by atoms with E-state index < -0.39 is 40.0 Å². The van der Waals surface area contributed by atoms with E-state index in [4.69, 9.17) is 4.84 Å². The van der Waals surface area contributed by atoms with Crippen molar-refractivity contribution in [2.75, 3.05) is 0 Å². The molecule has 3 rings (SSSR count). The van der Waals surface area contributed by atoms with E-state index in [2.05, 4.69) is 17.1 Å². The van der Waals surface area contributed by atoms with Gasteiger partial charge in [0.05, 0.1) is 0 Å². The second-order valence-corrected chi connectivity index (χ2v) is 9.91. The molecule has 1 aliphatic carbocycles. The van der Waals surface area contributed by atoms with Crippen LogP contribution in [0.25, 0.3) is 0 Å². The highest BCUT2D eigenvalue weighted by Gasteiger charge is 2.64. The Hall–Kier alpha value is -2.03. The third-order valence-electron chi connectivity index (χ3n) is 5.43. The maximum Gasteiger partial charge on any atom is 0.327 e. The molecule has 0 aromatic heterocycles. The van der Waals surface area contributed by atoms with Crippen LogP contribution in [0.4, 0.5) is 0 Å². The van der Waals surface area contributed by atoms with Crippen molar-refractivity contribution in [1.29, 1.82) is 0 Å². The summed E-state index contributed by atoms with van der Waals surface area (Å²) in [5, 5.41) is 15.8. The van der Waals surface area contributed by atoms with Gasteiger partial charge in [-0.3, -0.25) is 9.59 Å². The summed E-state index contributed by atoms with van der Waals surface area (Å²) in [5.41, 5.74) is 0.508. The predicted octanol–water partition coefficient (Wildman–Crippen LogP) is 1.90. The molecule has 0 radical (unpaired) electrons. The number of carboxylic acids is 1. The number of aliphatic carboxylic acids is 1. The lowest BCUT2D eigenvalue weighted by molar-refractivity contribution is -0.160. The number of rotatable bonds is 6. The Morgan fingerprint density at radius 2 is 1.96 bits per heavy atom. The van der Waals surface area contributed by atoms with Gasteiger partial charge in [0, 0.05) is 4.75 Å². The van der Waals surface area contributed by atoms with Crippen LogP contribution in [0.15, 0.2) is 17.3 Å². The highest BCUT2D eigenvalue weighted by molar-refractivity contribution is 8.01. The van der Waals surface area contributed by atoms with Crippen molar-refractivity contribution in [2.24, 2.45) is 5.16 Å². The van der Waals surface area contributed by atoms with Gasteiger partial charge in [-0.1, -0.05) is 18.2 Å². The van der Waals surface area contributed by atoms with Gasteiger partial charge in [0.15, 0.2) is 5.71 Å². The number of thioether (sulfide) groups is 1. The Bertz CT molecular complexity index is 729. The van der Waals surface area contributed by atoms with Crippen LogP contribution in [0.2, 0.25) is 0 Å². The number of fused-ring (bicyclic) bond motifs is 1. The molecule has 3 aliphatic rings. The molecule has 28 heavy (non-hydrogen) atoms. The van der Waals surface area contributed by atoms with Gasteiger partial charge in [0.1, 0.15) is 23.6 Å². The number of hydrogen-bond donors (Lipinski definition) is 2. The van der Waals surface area contributed by atoms with Gasteiger partial charge in [-0.2, -0.15) is 0 Å². The minimum atomic E-state index is -1.04. The van der Waals surface area contributed by atoms with Crippen LogP contribution < -0.4 is 5.32 Å². The molecule has 3 atom stereocenters. The first-order valence-corrected chi connectivity index (χ1v) is 10.4. The molecule has 0 aromatic rings. The quantitative estimate of drug-likeness (QED) is 0.394. The minimum absolute atomic E-state index is 0.000706. The smallest absolute Gasteiger partial charge is 0.327 e. The number of nitrogens with one attached hydrogen (secondary N) is 1. The summed E-state index contributed by atoms with van der Waals surface area (Å²) in [6.07, 6.45) is 5.18. The van der Waals surface area contributed by atoms with E-state index in [0.717, 1.165) is 25.7 Å². The summed E-state index contributed by atoms with van der Waals surface area (Å²) in [7, 11) is 0. The Labute approximate surface area is 168 Å². The van der Waals surface area contributed by atoms with E-state index in [1.165, 1.54) is 23.1 Å². The largest absolute Gasteiger partial charge is 0.480 e. The lowest BCUT2D eigenvalue weighted by atomic mass is 9.96. The van der Waals surface area contributed by atoms with Crippen LogP contribution in [0.5, 0.6) is 0 Å². The topological polar surface area (TPSA) is 108 Å². The van der Waals surface area contributed by atoms with Gasteiger partial charge < -0.3 is 20.2 Å². The van der Waals surface area contributed by atoms with Gasteiger partial charge in [-0.25, -0.2) is 4.79 Å². The average molecular weight is 410 g/mol. The highest BCUT2D eigenvalue weighted by atomic mass is 32.2. The number of oxime groups is 1. The van der Waals surface area contributed by atoms with Crippen LogP contribution in [0.1, 0.15) is 52.9 Å². The molecular formula is C19H27N3O5S. The highest BCUT2D eigenvalue weighted by Crippen LogP contribution is 2.50. The summed E-state index contributed by atoms with van der Waals surface area (Å²) < 4.78 is -0.638. The van der Waals surface area contributed by atoms with Crippen molar-refractivity contribution in [3.63, 3.8) is 0 Å². The molecule has 2 heterocycles. The molecule has 0 unspecified atom stereocenters. The van der Waals surface area contributed by atoms with Crippen LogP contribution >= 0.6 is 11.8 Å². The minimum Gasteiger partial charge on any atom is -0.480 e. The molecule has 2 aliphatic heterocycles. The Morgan fingerprint density at radius 3 is 2.54 bits per heavy atom. The molecule has 2 amide bonds. The lowest BCUT2D eigenvalue weighted by Gasteiger charge is -2.43. The van der Waals surface area contributed by atoms with Gasteiger partial charge in [-0.05, 0) is 52.0 Å². The van der Waals surface area contributed by atoms with E-state index in [1.807, 2.05) is 0 Å². The Balaban J connectivity index is 1.67. The molecule has 0 aromatic carbocycles. The number of amides is 2. The third-order valence-corrected chi connectivity index (χ3v) is 7.00. The van der Waals surface area contributed by atoms with Gasteiger partial charge in [0.2, 0.25) is 5.91 Å². The van der Waals surface area contributed by atoms with Crippen molar-refractivity contribution in [3.05, 3.63) is 12.2 Å². The molecule has 2 N–H and O–H groups in total. The second kappa shape index (κ2) is 7.77. The summed E-state index contributed by atoms with van der Waals surface area (Å²) in [6, 6.07) is -1.69. The van der Waals surface area contributed by atoms with Crippen molar-refractivity contribution in [2.45, 2.75) is 81.2 Å². The SMILES string of the molecule is C=C(C)/C(=N\OC1CCCCC1)C(=O)N[C@@H]1C(=O)N2[C@@H]1SC(C)(C)[C@@H]2C(=O)O. The molecule has 2 saturated heterocycles. The maximum absolute atomic E-state index is 12.7. The van der Waals surface area contributed by atoms with Gasteiger partial charge in [0.25, 0.3) is 5.91 Å². The molecular weight excluding hydrogens is 382 g/mol. The number of carboxylic acid groups (broad SMARTS) is 1. The number of carbonyl (C=O) groups excluding carboxylic acids is 2. The molecule has 0 spiro atoms. The molecule has 3 fully saturated rings. The van der Waals surface area contributed by atoms with Crippen LogP contribution in [-0.2, 0) is 19.2 Å². The summed E-state index contributed by atoms with van der Waals surface area (Å²) in [6.45, 7) is 9.03. The fourth-order valence-electron chi connectivity index (χ4n) is 3.97. The first kappa shape index (κ1) is 20.7. The molecule has 1 saturated carbocycles. The van der Waals surface area contributed by atoms with E-state index in [1.54, 1.807) is 20.8 Å². The van der Waals surface area contributed by atoms with E-state index in [9.17, 15) is 19.5 Å². The molecule has 0 bridgehead atoms. The first-order valence-electron chi connectivity index (χ1n) is 9.57. The lowest BCUT2D eigenvalue weighted by Crippen LogP contribution is -2.71. The van der Waals surface area contributed by atoms with E-state index >= 15 is 0 Å². The maximum atomic E-state index is 12.7. The zero-order chi connectivity index (χ0) is 20.6. The van der Waals surface area contributed by atoms with Crippen molar-refractivity contribution in [3.8, 4) is 0 Å². The average Bonchev–Trinajstić information content (AvgIpc) is 2.88. The van der Waals surface area contributed by atoms with Gasteiger partial charge in [-0.15, -0.1) is 11.8 Å². The van der Waals surface area contributed by atoms with Crippen molar-refractivity contribution in [1.82, 2.24) is 10.2 Å². The molecule has 154 valence electrons. The van der Waals surface area contributed by atoms with Crippen LogP contribution in [0.3, 0.4) is 0 Å². The van der Waals surface area contributed by atoms with Gasteiger partial charge >= 0.3 is 5.97 Å². The van der Waals surface area contributed by atoms with Crippen molar-refractivity contribution >= 4 is 35.3 Å². The van der Waals surface area contributed by atoms with E-state index in [0.29, 0.717) is 5.57 Å². The van der Waals surface area contributed by atoms with Crippen LogP contribution in [-0.4, -0.2) is 61.8 Å². The van der Waals surface area contributed by atoms with Crippen molar-refractivity contribution < 1.29 is 24.3 Å². The standard InChI is InChI=1S/C19H27N3O5S/c1-10(2)12(21-27-11-8-6-5-7-9-11)15(23)20-13-16(24)22-14(18(25)26)19(3,4)28-17(13)22/h11,13-14,17H,1,5-9H2,2-4H3,(H,20,23)(H,25,26)/b21-12+/t13-,14+,17-/m1/s1. The fraction of sp³-hybridized carbons (Fsp3) is 0.684. The number of nitrogens with zero attached hydrogens (tertiary/aromatic N) is 2. The summed E-state index contributed by atoms with van der Waals surface area (Å²) in [5.74, 6) is -1.96. The predicted molar refractivity (Wildman–Crippen MR) is 106 cm³/mol. The first-order chi connectivity index (χ1) is 13.1. The summed E-state index contributed by atoms with van der Waals surface area (Å²) in [4.78, 5) is 43.7. The second-order valence-electron chi connectivity index (χ2n) is 8.13. The zero-order valence-corrected chi connectivity index (χ0v) is 17.3. The Morgan fingerprint density at radius 1 is 1.32 bits per heavy atom. The zero-order valence-electron chi connectivity index (χ0n) is 16.4. The normalized spacial score (nSPS) is 29.7. The fourth-order valence-corrected chi connectivity index (χ4v) is 5.59. The number of hydrogen-bond acceptors (Lipinski definition) is 6. The van der Waals surface area contributed by atoms with E-state index in [-0.39, 0.29) is 11.8 Å². The number of β-lactam (4-membered cyclic amide) rings is 1. The Kier molecular flexibility index (Phi) is 5.74. The monoisotopic (exact) mass is 409 g/mol. The molecule has 9 heteroatoms. The van der Waals surface area contributed by atoms with Crippen LogP contribution in [0, 0.1) is 0 Å². The third kappa shape index (κ3) is 3.76. The molecule has 8 nitrogen and oxygen atoms in total. The number of carbonyl (C=O) groups is 3.